The van der Waals surface area contributed by atoms with Crippen molar-refractivity contribution in [1.29, 1.82) is 0 Å². The zero-order valence-corrected chi connectivity index (χ0v) is 20.4. The summed E-state index contributed by atoms with van der Waals surface area (Å²) in [6.07, 6.45) is 7.65. The van der Waals surface area contributed by atoms with Crippen LogP contribution in [0.3, 0.4) is 0 Å². The Labute approximate surface area is 205 Å². The Bertz CT molecular complexity index is 1400. The molecule has 0 atom stereocenters. The van der Waals surface area contributed by atoms with Crippen LogP contribution in [0.2, 0.25) is 0 Å². The molecule has 7 nitrogen and oxygen atoms in total. The Morgan fingerprint density at radius 3 is 2.97 bits per heavy atom. The highest BCUT2D eigenvalue weighted by molar-refractivity contribution is 7.99. The molecule has 3 aromatic heterocycles. The molecule has 0 aliphatic heterocycles. The predicted molar refractivity (Wildman–Crippen MR) is 137 cm³/mol. The van der Waals surface area contributed by atoms with E-state index in [2.05, 4.69) is 20.3 Å². The lowest BCUT2D eigenvalue weighted by Gasteiger charge is -2.11. The summed E-state index contributed by atoms with van der Waals surface area (Å²) in [5, 5.41) is 3.68. The third kappa shape index (κ3) is 5.00. The van der Waals surface area contributed by atoms with E-state index in [1.807, 2.05) is 37.3 Å². The van der Waals surface area contributed by atoms with Crippen LogP contribution >= 0.6 is 23.1 Å². The maximum Gasteiger partial charge on any atom is 0.259 e. The highest BCUT2D eigenvalue weighted by Crippen LogP contribution is 2.33. The number of ether oxygens (including phenoxy) is 1. The third-order valence-electron chi connectivity index (χ3n) is 5.67. The molecule has 3 heterocycles. The Morgan fingerprint density at radius 2 is 2.15 bits per heavy atom. The molecule has 4 aromatic rings. The number of H-pyrrole nitrogens is 1. The number of aryl methyl sites for hydroxylation is 3. The minimum atomic E-state index is -0.111. The predicted octanol–water partition coefficient (Wildman–Crippen LogP) is 5.23. The second-order valence-corrected chi connectivity index (χ2v) is 10.3. The van der Waals surface area contributed by atoms with Crippen LogP contribution in [0.1, 0.15) is 34.7 Å². The number of aromatic nitrogens is 3. The molecule has 34 heavy (non-hydrogen) atoms. The molecule has 0 fully saturated rings. The van der Waals surface area contributed by atoms with Crippen molar-refractivity contribution in [2.45, 2.75) is 38.4 Å². The first kappa shape index (κ1) is 22.6. The van der Waals surface area contributed by atoms with Gasteiger partial charge < -0.3 is 15.0 Å². The second kappa shape index (κ2) is 9.99. The topological polar surface area (TPSA) is 97.0 Å². The van der Waals surface area contributed by atoms with Crippen LogP contribution in [0.4, 0.5) is 5.69 Å². The summed E-state index contributed by atoms with van der Waals surface area (Å²) in [4.78, 5) is 38.8. The minimum absolute atomic E-state index is 0.0616. The molecule has 0 saturated heterocycles. The Morgan fingerprint density at radius 1 is 1.26 bits per heavy atom. The molecule has 0 unspecified atom stereocenters. The van der Waals surface area contributed by atoms with Gasteiger partial charge in [0.05, 0.1) is 23.1 Å². The number of anilines is 1. The zero-order valence-electron chi connectivity index (χ0n) is 18.7. The number of aromatic amines is 1. The maximum atomic E-state index is 12.7. The number of rotatable bonds is 7. The molecule has 2 N–H and O–H groups in total. The fourth-order valence-corrected chi connectivity index (χ4v) is 6.06. The van der Waals surface area contributed by atoms with Crippen molar-refractivity contribution in [3.05, 3.63) is 74.9 Å². The van der Waals surface area contributed by atoms with E-state index in [9.17, 15) is 9.59 Å². The van der Waals surface area contributed by atoms with Crippen LogP contribution in [0.5, 0.6) is 11.5 Å². The van der Waals surface area contributed by atoms with Crippen LogP contribution in [0.25, 0.3) is 10.2 Å². The summed E-state index contributed by atoms with van der Waals surface area (Å²) in [5.41, 5.74) is 2.74. The molecule has 0 radical (unpaired) electrons. The molecule has 0 bridgehead atoms. The molecule has 0 saturated carbocycles. The number of hydrogen-bond acceptors (Lipinski definition) is 7. The van der Waals surface area contributed by atoms with Crippen molar-refractivity contribution in [2.24, 2.45) is 0 Å². The van der Waals surface area contributed by atoms with Gasteiger partial charge in [0.25, 0.3) is 5.56 Å². The van der Waals surface area contributed by atoms with E-state index in [4.69, 9.17) is 4.74 Å². The summed E-state index contributed by atoms with van der Waals surface area (Å²) in [7, 11) is 0. The van der Waals surface area contributed by atoms with Crippen molar-refractivity contribution in [3.63, 3.8) is 0 Å². The zero-order chi connectivity index (χ0) is 23.5. The standard InChI is InChI=1S/C25H24N4O3S2/c1-15-11-16(8-9-19(15)32-17-5-4-10-26-12-17)27-22(30)14-33-13-21-28-24(31)23-18-6-2-3-7-20(18)34-25(23)29-21/h4-5,8-12H,2-3,6-7,13-14H2,1H3,(H,27,30)(H,28,29,31). The van der Waals surface area contributed by atoms with E-state index in [0.717, 1.165) is 35.0 Å². The van der Waals surface area contributed by atoms with Gasteiger partial charge in [-0.05, 0) is 74.1 Å². The number of nitrogens with zero attached hydrogens (tertiary/aromatic N) is 2. The quantitative estimate of drug-likeness (QED) is 0.367. The van der Waals surface area contributed by atoms with Gasteiger partial charge in [-0.25, -0.2) is 4.98 Å². The van der Waals surface area contributed by atoms with Gasteiger partial charge in [0.1, 0.15) is 22.2 Å². The van der Waals surface area contributed by atoms with Gasteiger partial charge in [-0.1, -0.05) is 0 Å². The van der Waals surface area contributed by atoms with Crippen molar-refractivity contribution in [2.75, 3.05) is 11.1 Å². The van der Waals surface area contributed by atoms with Gasteiger partial charge in [0, 0.05) is 16.8 Å². The largest absolute Gasteiger partial charge is 0.455 e. The molecule has 1 amide bonds. The highest BCUT2D eigenvalue weighted by atomic mass is 32.2. The number of fused-ring (bicyclic) bond motifs is 3. The second-order valence-electron chi connectivity index (χ2n) is 8.22. The molecular weight excluding hydrogens is 468 g/mol. The summed E-state index contributed by atoms with van der Waals surface area (Å²) >= 11 is 3.06. The number of thiophene rings is 1. The van der Waals surface area contributed by atoms with Gasteiger partial charge >= 0.3 is 0 Å². The first-order valence-corrected chi connectivity index (χ1v) is 13.1. The van der Waals surface area contributed by atoms with Crippen LogP contribution < -0.4 is 15.6 Å². The Hall–Kier alpha value is -3.17. The van der Waals surface area contributed by atoms with E-state index >= 15 is 0 Å². The van der Waals surface area contributed by atoms with Gasteiger partial charge in [-0.3, -0.25) is 14.6 Å². The average Bonchev–Trinajstić information content (AvgIpc) is 3.20. The molecule has 0 spiro atoms. The lowest BCUT2D eigenvalue weighted by atomic mass is 9.97. The lowest BCUT2D eigenvalue weighted by molar-refractivity contribution is -0.113. The maximum absolute atomic E-state index is 12.7. The van der Waals surface area contributed by atoms with Gasteiger partial charge in [0.2, 0.25) is 5.91 Å². The number of thioether (sulfide) groups is 1. The lowest BCUT2D eigenvalue weighted by Crippen LogP contribution is -2.15. The normalized spacial score (nSPS) is 13.0. The monoisotopic (exact) mass is 492 g/mol. The van der Waals surface area contributed by atoms with Gasteiger partial charge in [-0.2, -0.15) is 0 Å². The number of benzene rings is 1. The van der Waals surface area contributed by atoms with E-state index in [0.29, 0.717) is 28.8 Å². The molecular formula is C25H24N4O3S2. The van der Waals surface area contributed by atoms with Crippen LogP contribution in [0, 0.1) is 6.92 Å². The van der Waals surface area contributed by atoms with Crippen LogP contribution in [0.15, 0.2) is 47.5 Å². The number of nitrogens with one attached hydrogen (secondary N) is 2. The SMILES string of the molecule is Cc1cc(NC(=O)CSCc2nc3sc4c(c3c(=O)[nH]2)CCCC4)ccc1Oc1cccnc1. The fourth-order valence-electron chi connectivity index (χ4n) is 4.09. The highest BCUT2D eigenvalue weighted by Gasteiger charge is 2.19. The van der Waals surface area contributed by atoms with Gasteiger partial charge in [-0.15, -0.1) is 23.1 Å². The molecule has 1 aromatic carbocycles. The van der Waals surface area contributed by atoms with Crippen LogP contribution in [-0.2, 0) is 23.4 Å². The van der Waals surface area contributed by atoms with Gasteiger partial charge in [0.15, 0.2) is 0 Å². The van der Waals surface area contributed by atoms with E-state index < -0.39 is 0 Å². The Balaban J connectivity index is 1.17. The number of carbonyl (C=O) groups excluding carboxylic acids is 1. The third-order valence-corrected chi connectivity index (χ3v) is 7.80. The number of pyridine rings is 1. The molecule has 1 aliphatic rings. The minimum Gasteiger partial charge on any atom is -0.455 e. The summed E-state index contributed by atoms with van der Waals surface area (Å²) < 4.78 is 5.84. The smallest absolute Gasteiger partial charge is 0.259 e. The summed E-state index contributed by atoms with van der Waals surface area (Å²) in [6.45, 7) is 1.93. The van der Waals surface area contributed by atoms with E-state index in [1.54, 1.807) is 23.7 Å². The Kier molecular flexibility index (Phi) is 6.64. The van der Waals surface area contributed by atoms with E-state index in [1.165, 1.54) is 28.6 Å². The van der Waals surface area contributed by atoms with Crippen LogP contribution in [-0.4, -0.2) is 26.6 Å². The number of hydrogen-bond donors (Lipinski definition) is 2. The fraction of sp³-hybridized carbons (Fsp3) is 0.280. The average molecular weight is 493 g/mol. The number of amides is 1. The molecule has 9 heteroatoms. The summed E-state index contributed by atoms with van der Waals surface area (Å²) in [6, 6.07) is 9.17. The van der Waals surface area contributed by atoms with E-state index in [-0.39, 0.29) is 17.2 Å². The molecule has 1 aliphatic carbocycles. The first-order chi connectivity index (χ1) is 16.6. The van der Waals surface area contributed by atoms with Crippen molar-refractivity contribution in [3.8, 4) is 11.5 Å². The van der Waals surface area contributed by atoms with Crippen molar-refractivity contribution in [1.82, 2.24) is 15.0 Å². The van der Waals surface area contributed by atoms with Crippen molar-refractivity contribution >= 4 is 44.9 Å². The van der Waals surface area contributed by atoms with Crippen molar-refractivity contribution < 1.29 is 9.53 Å². The molecule has 5 rings (SSSR count). The number of carbonyl (C=O) groups is 1. The first-order valence-electron chi connectivity index (χ1n) is 11.2. The molecule has 174 valence electrons. The summed E-state index contributed by atoms with van der Waals surface area (Å²) in [5.74, 6) is 2.60.